The number of hydrogen-bond acceptors (Lipinski definition) is 3. The van der Waals surface area contributed by atoms with Crippen LogP contribution < -0.4 is 5.32 Å². The van der Waals surface area contributed by atoms with Crippen LogP contribution in [-0.4, -0.2) is 34.1 Å². The molecule has 1 aliphatic rings. The Morgan fingerprint density at radius 1 is 1.67 bits per heavy atom. The maximum atomic E-state index is 9.55. The lowest BCUT2D eigenvalue weighted by Gasteiger charge is -2.09. The first-order valence-corrected chi connectivity index (χ1v) is 4.14. The molecular weight excluding hydrogens is 154 g/mol. The van der Waals surface area contributed by atoms with Gasteiger partial charge in [0.1, 0.15) is 0 Å². The van der Waals surface area contributed by atoms with Crippen molar-refractivity contribution in [2.75, 3.05) is 13.1 Å². The summed E-state index contributed by atoms with van der Waals surface area (Å²) in [5.74, 6) is 0.221. The zero-order chi connectivity index (χ0) is 8.55. The molecule has 2 heterocycles. The van der Waals surface area contributed by atoms with Crippen molar-refractivity contribution in [3.63, 3.8) is 0 Å². The van der Waals surface area contributed by atoms with E-state index in [4.69, 9.17) is 0 Å². The monoisotopic (exact) mass is 167 g/mol. The summed E-state index contributed by atoms with van der Waals surface area (Å²) in [5.41, 5.74) is 1.12. The lowest BCUT2D eigenvalue weighted by molar-refractivity contribution is 0.178. The van der Waals surface area contributed by atoms with E-state index >= 15 is 0 Å². The van der Waals surface area contributed by atoms with E-state index in [0.29, 0.717) is 6.54 Å². The van der Waals surface area contributed by atoms with Gasteiger partial charge in [0.05, 0.1) is 12.3 Å². The Labute approximate surface area is 71.2 Å². The van der Waals surface area contributed by atoms with Crippen molar-refractivity contribution in [2.24, 2.45) is 7.05 Å². The molecule has 1 saturated heterocycles. The predicted octanol–water partition coefficient (Wildman–Crippen LogP) is -0.532. The predicted molar refractivity (Wildman–Crippen MR) is 44.8 cm³/mol. The number of aryl methyl sites for hydroxylation is 1. The summed E-state index contributed by atoms with van der Waals surface area (Å²) < 4.78 is 1.76. The molecule has 4 heteroatoms. The number of nitrogens with zero attached hydrogens (tertiary/aromatic N) is 2. The number of aliphatic hydroxyl groups excluding tert-OH is 1. The Kier molecular flexibility index (Phi) is 1.86. The molecule has 2 unspecified atom stereocenters. The quantitative estimate of drug-likeness (QED) is 0.591. The van der Waals surface area contributed by atoms with Crippen LogP contribution in [0.4, 0.5) is 0 Å². The van der Waals surface area contributed by atoms with Crippen molar-refractivity contribution < 1.29 is 5.11 Å². The van der Waals surface area contributed by atoms with Crippen LogP contribution in [0.1, 0.15) is 11.5 Å². The van der Waals surface area contributed by atoms with Crippen LogP contribution in [0, 0.1) is 0 Å². The van der Waals surface area contributed by atoms with Crippen LogP contribution in [0.15, 0.2) is 12.4 Å². The van der Waals surface area contributed by atoms with Crippen molar-refractivity contribution in [2.45, 2.75) is 12.0 Å². The van der Waals surface area contributed by atoms with Crippen molar-refractivity contribution >= 4 is 0 Å². The van der Waals surface area contributed by atoms with Crippen LogP contribution in [0.2, 0.25) is 0 Å². The molecule has 4 nitrogen and oxygen atoms in total. The van der Waals surface area contributed by atoms with E-state index in [2.05, 4.69) is 10.4 Å². The Balaban J connectivity index is 2.19. The third kappa shape index (κ3) is 1.23. The fourth-order valence-electron chi connectivity index (χ4n) is 1.64. The number of aromatic nitrogens is 2. The molecule has 12 heavy (non-hydrogen) atoms. The van der Waals surface area contributed by atoms with Gasteiger partial charge >= 0.3 is 0 Å². The smallest absolute Gasteiger partial charge is 0.0746 e. The Morgan fingerprint density at radius 3 is 3.00 bits per heavy atom. The number of rotatable bonds is 1. The molecular formula is C8H13N3O. The Bertz CT molecular complexity index is 271. The Hall–Kier alpha value is -0.870. The van der Waals surface area contributed by atoms with Crippen molar-refractivity contribution in [3.8, 4) is 0 Å². The van der Waals surface area contributed by atoms with E-state index in [1.807, 2.05) is 19.4 Å². The average Bonchev–Trinajstić information content (AvgIpc) is 2.58. The molecule has 1 aromatic rings. The normalized spacial score (nSPS) is 29.5. The van der Waals surface area contributed by atoms with Crippen LogP contribution in [0.25, 0.3) is 0 Å². The van der Waals surface area contributed by atoms with Gasteiger partial charge in [0, 0.05) is 32.3 Å². The van der Waals surface area contributed by atoms with Gasteiger partial charge in [0.2, 0.25) is 0 Å². The van der Waals surface area contributed by atoms with Gasteiger partial charge in [-0.25, -0.2) is 0 Å². The number of nitrogens with one attached hydrogen (secondary N) is 1. The van der Waals surface area contributed by atoms with E-state index in [1.54, 1.807) is 4.68 Å². The van der Waals surface area contributed by atoms with Gasteiger partial charge in [-0.1, -0.05) is 0 Å². The van der Waals surface area contributed by atoms with E-state index < -0.39 is 0 Å². The second-order valence-electron chi connectivity index (χ2n) is 3.28. The highest BCUT2D eigenvalue weighted by Crippen LogP contribution is 2.21. The number of hydrogen-bond donors (Lipinski definition) is 2. The largest absolute Gasteiger partial charge is 0.391 e. The van der Waals surface area contributed by atoms with Crippen LogP contribution in [0.3, 0.4) is 0 Å². The fourth-order valence-corrected chi connectivity index (χ4v) is 1.64. The highest BCUT2D eigenvalue weighted by Gasteiger charge is 2.26. The highest BCUT2D eigenvalue weighted by molar-refractivity contribution is 5.16. The fraction of sp³-hybridized carbons (Fsp3) is 0.625. The molecule has 0 bridgehead atoms. The SMILES string of the molecule is Cn1cc(C2CNCC2O)cn1. The highest BCUT2D eigenvalue weighted by atomic mass is 16.3. The second kappa shape index (κ2) is 2.88. The zero-order valence-electron chi connectivity index (χ0n) is 7.07. The van der Waals surface area contributed by atoms with Gasteiger partial charge < -0.3 is 10.4 Å². The zero-order valence-corrected chi connectivity index (χ0v) is 7.07. The van der Waals surface area contributed by atoms with E-state index in [9.17, 15) is 5.11 Å². The molecule has 2 rings (SSSR count). The molecule has 0 aromatic carbocycles. The first kappa shape index (κ1) is 7.76. The molecule has 66 valence electrons. The summed E-state index contributed by atoms with van der Waals surface area (Å²) in [7, 11) is 1.89. The van der Waals surface area contributed by atoms with Crippen LogP contribution in [0.5, 0.6) is 0 Å². The first-order chi connectivity index (χ1) is 5.77. The van der Waals surface area contributed by atoms with Crippen LogP contribution >= 0.6 is 0 Å². The lowest BCUT2D eigenvalue weighted by atomic mass is 10.00. The van der Waals surface area contributed by atoms with Crippen molar-refractivity contribution in [1.29, 1.82) is 0 Å². The minimum Gasteiger partial charge on any atom is -0.391 e. The van der Waals surface area contributed by atoms with Gasteiger partial charge in [-0.15, -0.1) is 0 Å². The lowest BCUT2D eigenvalue weighted by Crippen LogP contribution is -2.15. The summed E-state index contributed by atoms with van der Waals surface area (Å²) in [6.07, 6.45) is 3.52. The summed E-state index contributed by atoms with van der Waals surface area (Å²) in [6.45, 7) is 1.55. The van der Waals surface area contributed by atoms with E-state index in [0.717, 1.165) is 12.1 Å². The molecule has 0 amide bonds. The van der Waals surface area contributed by atoms with Crippen molar-refractivity contribution in [1.82, 2.24) is 15.1 Å². The third-order valence-electron chi connectivity index (χ3n) is 2.34. The maximum Gasteiger partial charge on any atom is 0.0746 e. The number of β-amino-alcohol motifs (C(OH)–C–C–N with tert-alkyl or cyclic N) is 1. The minimum atomic E-state index is -0.255. The van der Waals surface area contributed by atoms with Gasteiger partial charge in [-0.2, -0.15) is 5.10 Å². The summed E-state index contributed by atoms with van der Waals surface area (Å²) >= 11 is 0. The molecule has 2 atom stereocenters. The molecule has 2 N–H and O–H groups in total. The topological polar surface area (TPSA) is 50.1 Å². The molecule has 1 aromatic heterocycles. The first-order valence-electron chi connectivity index (χ1n) is 4.14. The minimum absolute atomic E-state index is 0.221. The molecule has 1 fully saturated rings. The standard InChI is InChI=1S/C8H13N3O/c1-11-5-6(2-10-11)7-3-9-4-8(7)12/h2,5,7-9,12H,3-4H2,1H3. The molecule has 0 spiro atoms. The molecule has 0 saturated carbocycles. The maximum absolute atomic E-state index is 9.55. The summed E-state index contributed by atoms with van der Waals surface area (Å²) in [4.78, 5) is 0. The number of aliphatic hydroxyl groups is 1. The van der Waals surface area contributed by atoms with E-state index in [1.165, 1.54) is 0 Å². The van der Waals surface area contributed by atoms with Gasteiger partial charge in [0.15, 0.2) is 0 Å². The molecule has 1 aliphatic heterocycles. The second-order valence-corrected chi connectivity index (χ2v) is 3.28. The Morgan fingerprint density at radius 2 is 2.50 bits per heavy atom. The van der Waals surface area contributed by atoms with Gasteiger partial charge in [-0.3, -0.25) is 4.68 Å². The van der Waals surface area contributed by atoms with Crippen LogP contribution in [-0.2, 0) is 7.05 Å². The van der Waals surface area contributed by atoms with E-state index in [-0.39, 0.29) is 12.0 Å². The molecule has 0 radical (unpaired) electrons. The molecule has 0 aliphatic carbocycles. The summed E-state index contributed by atoms with van der Waals surface area (Å²) in [6, 6.07) is 0. The van der Waals surface area contributed by atoms with Gasteiger partial charge in [0.25, 0.3) is 0 Å². The third-order valence-corrected chi connectivity index (χ3v) is 2.34. The average molecular weight is 167 g/mol. The van der Waals surface area contributed by atoms with Crippen molar-refractivity contribution in [3.05, 3.63) is 18.0 Å². The van der Waals surface area contributed by atoms with Gasteiger partial charge in [-0.05, 0) is 5.56 Å². The summed E-state index contributed by atoms with van der Waals surface area (Å²) in [5, 5.41) is 16.8.